The Labute approximate surface area is 94.1 Å². The molecule has 0 saturated heterocycles. The number of aryl methyl sites for hydroxylation is 1. The fraction of sp³-hybridized carbons (Fsp3) is 0.167. The minimum absolute atomic E-state index is 0.304. The van der Waals surface area contributed by atoms with E-state index >= 15 is 0 Å². The maximum Gasteiger partial charge on any atom is 0.257 e. The van der Waals surface area contributed by atoms with Crippen molar-refractivity contribution in [1.29, 1.82) is 0 Å². The maximum atomic E-state index is 5.60. The normalized spacial score (nSPS) is 10.1. The lowest BCUT2D eigenvalue weighted by Crippen LogP contribution is -1.99. The highest BCUT2D eigenvalue weighted by Gasteiger charge is 2.05. The number of hydrogen-bond acceptors (Lipinski definition) is 4. The molecule has 1 aromatic heterocycles. The fourth-order valence-electron chi connectivity index (χ4n) is 1.40. The first-order valence-corrected chi connectivity index (χ1v) is 4.94. The summed E-state index contributed by atoms with van der Waals surface area (Å²) in [5, 5.41) is 0. The third kappa shape index (κ3) is 1.95. The second-order valence-electron chi connectivity index (χ2n) is 3.52. The van der Waals surface area contributed by atoms with Gasteiger partial charge in [0.05, 0.1) is 19.0 Å². The highest BCUT2D eigenvalue weighted by Crippen LogP contribution is 2.22. The Morgan fingerprint density at radius 1 is 1.19 bits per heavy atom. The molecule has 2 N–H and O–H groups in total. The molecule has 82 valence electrons. The Kier molecular flexibility index (Phi) is 2.72. The number of nitrogen functional groups attached to an aromatic ring is 1. The van der Waals surface area contributed by atoms with Crippen LogP contribution in [0.2, 0.25) is 0 Å². The van der Waals surface area contributed by atoms with Crippen molar-refractivity contribution in [2.75, 3.05) is 12.8 Å². The minimum Gasteiger partial charge on any atom is -0.478 e. The highest BCUT2D eigenvalue weighted by atomic mass is 16.5. The number of anilines is 1. The van der Waals surface area contributed by atoms with Crippen molar-refractivity contribution >= 4 is 5.82 Å². The molecule has 2 rings (SSSR count). The monoisotopic (exact) mass is 215 g/mol. The van der Waals surface area contributed by atoms with E-state index < -0.39 is 0 Å². The van der Waals surface area contributed by atoms with Crippen LogP contribution in [0.25, 0.3) is 11.3 Å². The van der Waals surface area contributed by atoms with Gasteiger partial charge in [0, 0.05) is 5.56 Å². The van der Waals surface area contributed by atoms with Crippen LogP contribution in [0.5, 0.6) is 5.88 Å². The second kappa shape index (κ2) is 4.18. The number of hydrogen-bond donors (Lipinski definition) is 1. The molecule has 0 fully saturated rings. The summed E-state index contributed by atoms with van der Waals surface area (Å²) >= 11 is 0. The third-order valence-corrected chi connectivity index (χ3v) is 2.31. The van der Waals surface area contributed by atoms with Crippen LogP contribution in [0.15, 0.2) is 30.5 Å². The summed E-state index contributed by atoms with van der Waals surface area (Å²) in [4.78, 5) is 8.32. The van der Waals surface area contributed by atoms with Gasteiger partial charge in [0.25, 0.3) is 5.88 Å². The Morgan fingerprint density at radius 3 is 2.50 bits per heavy atom. The smallest absolute Gasteiger partial charge is 0.257 e. The van der Waals surface area contributed by atoms with Crippen molar-refractivity contribution in [3.8, 4) is 17.1 Å². The van der Waals surface area contributed by atoms with Gasteiger partial charge in [-0.3, -0.25) is 0 Å². The van der Waals surface area contributed by atoms with Gasteiger partial charge in [-0.2, -0.15) is 0 Å². The summed E-state index contributed by atoms with van der Waals surface area (Å²) < 4.78 is 5.03. The van der Waals surface area contributed by atoms with Crippen LogP contribution in [0.3, 0.4) is 0 Å². The van der Waals surface area contributed by atoms with Gasteiger partial charge in [-0.05, 0) is 6.92 Å². The first-order valence-electron chi connectivity index (χ1n) is 4.94. The minimum atomic E-state index is 0.304. The molecule has 0 radical (unpaired) electrons. The van der Waals surface area contributed by atoms with Crippen LogP contribution in [0.4, 0.5) is 5.82 Å². The van der Waals surface area contributed by atoms with Gasteiger partial charge in [-0.25, -0.2) is 9.97 Å². The average Bonchev–Trinajstić information content (AvgIpc) is 2.31. The fourth-order valence-corrected chi connectivity index (χ4v) is 1.40. The van der Waals surface area contributed by atoms with E-state index in [2.05, 4.69) is 9.97 Å². The summed E-state index contributed by atoms with van der Waals surface area (Å²) in [6.07, 6.45) is 1.64. The van der Waals surface area contributed by atoms with Crippen molar-refractivity contribution in [2.45, 2.75) is 6.92 Å². The Hall–Kier alpha value is -2.10. The molecule has 0 spiro atoms. The molecule has 4 heteroatoms. The van der Waals surface area contributed by atoms with Crippen LogP contribution >= 0.6 is 0 Å². The van der Waals surface area contributed by atoms with Crippen LogP contribution < -0.4 is 10.5 Å². The molecule has 0 saturated carbocycles. The topological polar surface area (TPSA) is 61.0 Å². The largest absolute Gasteiger partial charge is 0.478 e. The Bertz CT molecular complexity index is 494. The highest BCUT2D eigenvalue weighted by molar-refractivity contribution is 5.60. The predicted molar refractivity (Wildman–Crippen MR) is 63.2 cm³/mol. The van der Waals surface area contributed by atoms with E-state index in [1.807, 2.05) is 31.2 Å². The Morgan fingerprint density at radius 2 is 1.88 bits per heavy atom. The summed E-state index contributed by atoms with van der Waals surface area (Å²) in [5.41, 5.74) is 8.56. The third-order valence-electron chi connectivity index (χ3n) is 2.31. The lowest BCUT2D eigenvalue weighted by molar-refractivity contribution is 0.399. The second-order valence-corrected chi connectivity index (χ2v) is 3.52. The molecule has 0 atom stereocenters. The van der Waals surface area contributed by atoms with Crippen LogP contribution in [-0.4, -0.2) is 17.1 Å². The molecular formula is C12H13N3O. The van der Waals surface area contributed by atoms with Gasteiger partial charge in [-0.15, -0.1) is 0 Å². The molecule has 0 aliphatic carbocycles. The molecule has 2 aromatic rings. The van der Waals surface area contributed by atoms with E-state index in [9.17, 15) is 0 Å². The lowest BCUT2D eigenvalue weighted by Gasteiger charge is -2.05. The summed E-state index contributed by atoms with van der Waals surface area (Å²) in [5.74, 6) is 0.663. The first kappa shape index (κ1) is 10.4. The summed E-state index contributed by atoms with van der Waals surface area (Å²) in [6, 6.07) is 8.05. The van der Waals surface area contributed by atoms with Gasteiger partial charge in [-0.1, -0.05) is 29.8 Å². The van der Waals surface area contributed by atoms with Crippen molar-refractivity contribution in [2.24, 2.45) is 0 Å². The van der Waals surface area contributed by atoms with Gasteiger partial charge in [0.15, 0.2) is 5.82 Å². The molecule has 4 nitrogen and oxygen atoms in total. The zero-order valence-corrected chi connectivity index (χ0v) is 9.27. The number of benzene rings is 1. The van der Waals surface area contributed by atoms with Gasteiger partial charge in [0.2, 0.25) is 0 Å². The molecule has 1 heterocycles. The van der Waals surface area contributed by atoms with Crippen LogP contribution in [0.1, 0.15) is 5.56 Å². The molecule has 1 aromatic carbocycles. The van der Waals surface area contributed by atoms with Crippen LogP contribution in [-0.2, 0) is 0 Å². The van der Waals surface area contributed by atoms with Crippen molar-refractivity contribution in [3.63, 3.8) is 0 Å². The zero-order valence-electron chi connectivity index (χ0n) is 9.27. The van der Waals surface area contributed by atoms with Crippen molar-refractivity contribution in [1.82, 2.24) is 9.97 Å². The number of ether oxygens (including phenoxy) is 1. The number of rotatable bonds is 2. The molecule has 0 bridgehead atoms. The molecular weight excluding hydrogens is 202 g/mol. The van der Waals surface area contributed by atoms with E-state index in [0.717, 1.165) is 11.3 Å². The van der Waals surface area contributed by atoms with E-state index in [1.54, 1.807) is 6.20 Å². The van der Waals surface area contributed by atoms with Gasteiger partial charge in [0.1, 0.15) is 0 Å². The number of nitrogens with zero attached hydrogens (tertiary/aromatic N) is 2. The predicted octanol–water partition coefficient (Wildman–Crippen LogP) is 2.04. The summed E-state index contributed by atoms with van der Waals surface area (Å²) in [7, 11) is 1.53. The van der Waals surface area contributed by atoms with Gasteiger partial charge < -0.3 is 10.5 Å². The zero-order chi connectivity index (χ0) is 11.5. The first-order chi connectivity index (χ1) is 7.70. The standard InChI is InChI=1S/C12H13N3O/c1-8-3-5-9(6-4-8)10-7-14-11(13)12(15-10)16-2/h3-7H,1-2H3,(H2,13,14). The number of aromatic nitrogens is 2. The Balaban J connectivity index is 2.44. The SMILES string of the molecule is COc1nc(-c2ccc(C)cc2)cnc1N. The number of nitrogens with two attached hydrogens (primary N) is 1. The van der Waals surface area contributed by atoms with E-state index in [4.69, 9.17) is 10.5 Å². The molecule has 0 unspecified atom stereocenters. The molecule has 16 heavy (non-hydrogen) atoms. The van der Waals surface area contributed by atoms with E-state index in [-0.39, 0.29) is 0 Å². The quantitative estimate of drug-likeness (QED) is 0.832. The maximum absolute atomic E-state index is 5.60. The van der Waals surface area contributed by atoms with Gasteiger partial charge >= 0.3 is 0 Å². The lowest BCUT2D eigenvalue weighted by atomic mass is 10.1. The summed E-state index contributed by atoms with van der Waals surface area (Å²) in [6.45, 7) is 2.04. The average molecular weight is 215 g/mol. The van der Waals surface area contributed by atoms with Crippen LogP contribution in [0, 0.1) is 6.92 Å². The molecule has 0 amide bonds. The number of methoxy groups -OCH3 is 1. The molecule has 0 aliphatic rings. The molecule has 0 aliphatic heterocycles. The van der Waals surface area contributed by atoms with E-state index in [0.29, 0.717) is 11.7 Å². The van der Waals surface area contributed by atoms with Crippen molar-refractivity contribution < 1.29 is 4.74 Å². The van der Waals surface area contributed by atoms with Crippen molar-refractivity contribution in [3.05, 3.63) is 36.0 Å². The van der Waals surface area contributed by atoms with E-state index in [1.165, 1.54) is 12.7 Å².